The summed E-state index contributed by atoms with van der Waals surface area (Å²) in [5.41, 5.74) is -0.873. The van der Waals surface area contributed by atoms with Gasteiger partial charge in [0.15, 0.2) is 0 Å². The van der Waals surface area contributed by atoms with Crippen molar-refractivity contribution in [2.75, 3.05) is 0 Å². The van der Waals surface area contributed by atoms with Gasteiger partial charge in [-0.1, -0.05) is 45.9 Å². The highest BCUT2D eigenvalue weighted by atomic mass is 16.3. The summed E-state index contributed by atoms with van der Waals surface area (Å²) in [5.74, 6) is 0.875. The minimum atomic E-state index is -0.615. The van der Waals surface area contributed by atoms with Gasteiger partial charge in [-0.15, -0.1) is 6.58 Å². The molecule has 2 aliphatic rings. The molecule has 1 heteroatoms. The van der Waals surface area contributed by atoms with Crippen molar-refractivity contribution >= 4 is 0 Å². The maximum atomic E-state index is 11.0. The van der Waals surface area contributed by atoms with E-state index in [1.807, 2.05) is 6.08 Å². The topological polar surface area (TPSA) is 20.2 Å². The second-order valence-corrected chi connectivity index (χ2v) is 6.30. The van der Waals surface area contributed by atoms with E-state index in [9.17, 15) is 5.11 Å². The number of allylic oxidation sites excluding steroid dienone is 2. The van der Waals surface area contributed by atoms with Crippen molar-refractivity contribution in [1.29, 1.82) is 0 Å². The highest BCUT2D eigenvalue weighted by molar-refractivity contribution is 5.32. The molecule has 1 saturated carbocycles. The lowest BCUT2D eigenvalue weighted by molar-refractivity contribution is -0.266. The second-order valence-electron chi connectivity index (χ2n) is 6.30. The molecule has 4 atom stereocenters. The number of hydrogen-bond acceptors (Lipinski definition) is 1. The zero-order valence-corrected chi connectivity index (χ0v) is 10.2. The van der Waals surface area contributed by atoms with Crippen LogP contribution in [0.1, 0.15) is 34.1 Å². The number of hydrogen-bond donors (Lipinski definition) is 1. The quantitative estimate of drug-likeness (QED) is 0.653. The van der Waals surface area contributed by atoms with Crippen molar-refractivity contribution in [3.05, 3.63) is 24.8 Å². The van der Waals surface area contributed by atoms with Crippen molar-refractivity contribution in [1.82, 2.24) is 0 Å². The van der Waals surface area contributed by atoms with Crippen LogP contribution in [0.25, 0.3) is 0 Å². The summed E-state index contributed by atoms with van der Waals surface area (Å²) in [7, 11) is 0. The highest BCUT2D eigenvalue weighted by Crippen LogP contribution is 2.68. The Morgan fingerprint density at radius 1 is 1.47 bits per heavy atom. The Morgan fingerprint density at radius 3 is 2.53 bits per heavy atom. The van der Waals surface area contributed by atoms with Gasteiger partial charge in [0, 0.05) is 5.41 Å². The molecule has 0 radical (unpaired) electrons. The Bertz CT molecular complexity index is 323. The van der Waals surface area contributed by atoms with Crippen molar-refractivity contribution in [2.45, 2.75) is 39.7 Å². The van der Waals surface area contributed by atoms with E-state index in [4.69, 9.17) is 0 Å². The van der Waals surface area contributed by atoms with E-state index in [0.717, 1.165) is 6.42 Å². The minimum absolute atomic E-state index is 0.0941. The summed E-state index contributed by atoms with van der Waals surface area (Å²) in [5, 5.41) is 11.0. The first-order valence-electron chi connectivity index (χ1n) is 5.81. The average Bonchev–Trinajstić information content (AvgIpc) is 2.60. The first-order chi connectivity index (χ1) is 6.79. The summed E-state index contributed by atoms with van der Waals surface area (Å²) in [6.45, 7) is 12.5. The van der Waals surface area contributed by atoms with Crippen LogP contribution in [-0.2, 0) is 0 Å². The zero-order chi connectivity index (χ0) is 11.5. The minimum Gasteiger partial charge on any atom is -0.388 e. The molecule has 0 spiro atoms. The van der Waals surface area contributed by atoms with Crippen LogP contribution in [0.3, 0.4) is 0 Å². The van der Waals surface area contributed by atoms with Crippen molar-refractivity contribution in [3.8, 4) is 0 Å². The molecule has 0 unspecified atom stereocenters. The molecule has 0 aliphatic heterocycles. The predicted molar refractivity (Wildman–Crippen MR) is 63.4 cm³/mol. The number of rotatable bonds is 1. The molecule has 84 valence electrons. The van der Waals surface area contributed by atoms with Gasteiger partial charge in [-0.3, -0.25) is 0 Å². The molecule has 0 bridgehead atoms. The third-order valence-electron chi connectivity index (χ3n) is 4.78. The standard InChI is InChI=1S/C14H22O/c1-6-13(5)10-8-7-9-11(10)14(13,15)12(2,3)4/h6-8,10-11,15H,1,9H2,2-5H3/t10-,11+,13+,14-/m1/s1. The fourth-order valence-corrected chi connectivity index (χ4v) is 3.91. The predicted octanol–water partition coefficient (Wildman–Crippen LogP) is 3.16. The molecule has 0 saturated heterocycles. The molecule has 0 aromatic carbocycles. The van der Waals surface area contributed by atoms with Gasteiger partial charge in [0.2, 0.25) is 0 Å². The fraction of sp³-hybridized carbons (Fsp3) is 0.714. The molecule has 1 nitrogen and oxygen atoms in total. The van der Waals surface area contributed by atoms with Gasteiger partial charge in [0.25, 0.3) is 0 Å². The van der Waals surface area contributed by atoms with Gasteiger partial charge in [-0.05, 0) is 23.7 Å². The van der Waals surface area contributed by atoms with E-state index in [2.05, 4.69) is 46.4 Å². The average molecular weight is 206 g/mol. The van der Waals surface area contributed by atoms with E-state index in [-0.39, 0.29) is 10.8 Å². The molecule has 0 heterocycles. The summed E-state index contributed by atoms with van der Waals surface area (Å²) in [6.07, 6.45) is 7.43. The zero-order valence-electron chi connectivity index (χ0n) is 10.2. The van der Waals surface area contributed by atoms with E-state index < -0.39 is 5.60 Å². The van der Waals surface area contributed by atoms with Gasteiger partial charge in [-0.25, -0.2) is 0 Å². The summed E-state index contributed by atoms with van der Waals surface area (Å²) in [6, 6.07) is 0. The SMILES string of the molecule is C=C[C@@]1(C)[C@@H]2C=CC[C@@H]2[C@@]1(O)C(C)(C)C. The highest BCUT2D eigenvalue weighted by Gasteiger charge is 2.71. The van der Waals surface area contributed by atoms with Crippen LogP contribution >= 0.6 is 0 Å². The summed E-state index contributed by atoms with van der Waals surface area (Å²) >= 11 is 0. The van der Waals surface area contributed by atoms with Gasteiger partial charge >= 0.3 is 0 Å². The van der Waals surface area contributed by atoms with Crippen molar-refractivity contribution < 1.29 is 5.11 Å². The van der Waals surface area contributed by atoms with Gasteiger partial charge in [0.05, 0.1) is 5.60 Å². The normalized spacial score (nSPS) is 48.6. The van der Waals surface area contributed by atoms with Crippen LogP contribution in [-0.4, -0.2) is 10.7 Å². The largest absolute Gasteiger partial charge is 0.388 e. The summed E-state index contributed by atoms with van der Waals surface area (Å²) in [4.78, 5) is 0. The second kappa shape index (κ2) is 2.76. The molecular weight excluding hydrogens is 184 g/mol. The Morgan fingerprint density at radius 2 is 2.07 bits per heavy atom. The Hall–Kier alpha value is -0.560. The molecule has 0 aromatic rings. The molecular formula is C14H22O. The fourth-order valence-electron chi connectivity index (χ4n) is 3.91. The molecule has 0 amide bonds. The molecule has 0 aromatic heterocycles. The monoisotopic (exact) mass is 206 g/mol. The maximum absolute atomic E-state index is 11.0. The van der Waals surface area contributed by atoms with E-state index >= 15 is 0 Å². The van der Waals surface area contributed by atoms with E-state index in [1.165, 1.54) is 0 Å². The van der Waals surface area contributed by atoms with E-state index in [0.29, 0.717) is 11.8 Å². The van der Waals surface area contributed by atoms with Crippen molar-refractivity contribution in [2.24, 2.45) is 22.7 Å². The van der Waals surface area contributed by atoms with Crippen LogP contribution in [0.15, 0.2) is 24.8 Å². The van der Waals surface area contributed by atoms with Gasteiger partial charge < -0.3 is 5.11 Å². The molecule has 2 aliphatic carbocycles. The molecule has 1 fully saturated rings. The Labute approximate surface area is 92.9 Å². The molecule has 15 heavy (non-hydrogen) atoms. The van der Waals surface area contributed by atoms with Gasteiger partial charge in [0.1, 0.15) is 0 Å². The smallest absolute Gasteiger partial charge is 0.0825 e. The number of aliphatic hydroxyl groups is 1. The Balaban J connectivity index is 2.45. The van der Waals surface area contributed by atoms with E-state index in [1.54, 1.807) is 0 Å². The van der Waals surface area contributed by atoms with Crippen molar-refractivity contribution in [3.63, 3.8) is 0 Å². The summed E-state index contributed by atoms with van der Waals surface area (Å²) < 4.78 is 0. The van der Waals surface area contributed by atoms with Gasteiger partial charge in [-0.2, -0.15) is 0 Å². The maximum Gasteiger partial charge on any atom is 0.0825 e. The molecule has 2 rings (SSSR count). The first-order valence-corrected chi connectivity index (χ1v) is 5.81. The van der Waals surface area contributed by atoms with Crippen LogP contribution in [0, 0.1) is 22.7 Å². The molecule has 1 N–H and O–H groups in total. The number of fused-ring (bicyclic) bond motifs is 1. The lowest BCUT2D eigenvalue weighted by atomic mass is 9.39. The van der Waals surface area contributed by atoms with Crippen LogP contribution in [0.2, 0.25) is 0 Å². The Kier molecular flexibility index (Phi) is 2.01. The lowest BCUT2D eigenvalue weighted by Gasteiger charge is -2.67. The third kappa shape index (κ3) is 0.977. The van der Waals surface area contributed by atoms with Crippen LogP contribution in [0.4, 0.5) is 0 Å². The van der Waals surface area contributed by atoms with Crippen LogP contribution < -0.4 is 0 Å². The van der Waals surface area contributed by atoms with Crippen LogP contribution in [0.5, 0.6) is 0 Å². The third-order valence-corrected chi connectivity index (χ3v) is 4.78. The first kappa shape index (κ1) is 10.9. The lowest BCUT2D eigenvalue weighted by Crippen LogP contribution is -2.72.